The van der Waals surface area contributed by atoms with Gasteiger partial charge in [-0.15, -0.1) is 0 Å². The lowest BCUT2D eigenvalue weighted by molar-refractivity contribution is 1.33. The molecule has 0 aliphatic heterocycles. The molecule has 22 rings (SSSR count). The van der Waals surface area contributed by atoms with Gasteiger partial charge >= 0.3 is 0 Å². The Hall–Kier alpha value is -13.1. The molecule has 2 heteroatoms. The summed E-state index contributed by atoms with van der Waals surface area (Å²) in [5.74, 6) is 0. The Morgan fingerprint density at radius 1 is 0.150 bits per heavy atom. The molecule has 458 valence electrons. The van der Waals surface area contributed by atoms with Gasteiger partial charge in [-0.2, -0.15) is 0 Å². The zero-order valence-electron chi connectivity index (χ0n) is 54.2. The minimum atomic E-state index is 0.979. The first-order valence-corrected chi connectivity index (χ1v) is 34.6. The highest BCUT2D eigenvalue weighted by Crippen LogP contribution is 2.55. The van der Waals surface area contributed by atoms with Gasteiger partial charge in [0.1, 0.15) is 0 Å². The summed E-state index contributed by atoms with van der Waals surface area (Å²) in [6.45, 7) is 0. The number of benzene rings is 18. The van der Waals surface area contributed by atoms with Gasteiger partial charge in [0, 0.05) is 40.7 Å². The maximum Gasteiger partial charge on any atom is 0.0702 e. The highest BCUT2D eigenvalue weighted by atomic mass is 14.7. The van der Waals surface area contributed by atoms with Gasteiger partial charge in [0.15, 0.2) is 0 Å². The van der Waals surface area contributed by atoms with Crippen LogP contribution in [0.25, 0.3) is 230 Å². The highest BCUT2D eigenvalue weighted by molar-refractivity contribution is 6.30. The number of hydrogen-bond donors (Lipinski definition) is 0. The lowest BCUT2D eigenvalue weighted by Crippen LogP contribution is -1.89. The molecule has 0 fully saturated rings. The van der Waals surface area contributed by atoms with Crippen molar-refractivity contribution in [3.05, 3.63) is 340 Å². The van der Waals surface area contributed by atoms with Crippen LogP contribution in [0.3, 0.4) is 0 Å². The molecule has 0 saturated carbocycles. The van der Waals surface area contributed by atoms with Crippen molar-refractivity contribution < 1.29 is 0 Å². The van der Waals surface area contributed by atoms with Crippen LogP contribution >= 0.6 is 0 Å². The fraction of sp³-hybridized carbons (Fsp3) is 0. The van der Waals surface area contributed by atoms with Crippen molar-refractivity contribution in [2.24, 2.45) is 0 Å². The number of hydrogen-bond acceptors (Lipinski definition) is 2. The maximum absolute atomic E-state index is 5.07. The predicted octanol–water partition coefficient (Wildman–Crippen LogP) is 27.0. The Morgan fingerprint density at radius 3 is 1.15 bits per heavy atom. The van der Waals surface area contributed by atoms with E-state index in [2.05, 4.69) is 322 Å². The molecule has 2 aromatic heterocycles. The molecule has 0 saturated heterocycles. The van der Waals surface area contributed by atoms with Crippen molar-refractivity contribution >= 4 is 108 Å². The van der Waals surface area contributed by atoms with Gasteiger partial charge in [-0.25, -0.2) is 0 Å². The molecule has 0 radical (unpaired) electrons. The molecule has 0 atom stereocenters. The van der Waals surface area contributed by atoms with Crippen LogP contribution in [0.2, 0.25) is 0 Å². The smallest absolute Gasteiger partial charge is 0.0702 e. The van der Waals surface area contributed by atoms with Crippen molar-refractivity contribution in [3.63, 3.8) is 0 Å². The quantitative estimate of drug-likeness (QED) is 0.149. The summed E-state index contributed by atoms with van der Waals surface area (Å²) in [6.07, 6.45) is 6.07. The molecule has 0 amide bonds. The number of aromatic nitrogens is 2. The second-order valence-electron chi connectivity index (χ2n) is 27.6. The predicted molar refractivity (Wildman–Crippen MR) is 424 cm³/mol. The van der Waals surface area contributed by atoms with Crippen LogP contribution in [-0.2, 0) is 0 Å². The van der Waals surface area contributed by atoms with Gasteiger partial charge < -0.3 is 0 Å². The van der Waals surface area contributed by atoms with Gasteiger partial charge in [0.05, 0.1) is 5.52 Å². The van der Waals surface area contributed by atoms with E-state index >= 15 is 0 Å². The summed E-state index contributed by atoms with van der Waals surface area (Å²) < 4.78 is 0. The number of nitrogens with zero attached hydrogens (tertiary/aromatic N) is 2. The standard InChI is InChI=1S/C98H56N2/c1-3-13-62-50-90-88(48-60(62)11-1)86-36-34-84(95-82-20-7-5-15-71(82)52-92(90)97(86)95)74-32-38-94-76(45-74)46-78(56-100-94)59-18-9-17-58(39-59)67-25-23-57-24-30-73(44-75(57)43-67)80-22-10-19-70-42-68(31-33-81(70)80)65-26-27-66-41-69(29-28-64(66)40-65)77-47-79(55-99-54-77)85-35-37-87-89-49-61-12-2-4-14-63(61)51-91(89)93-53-72-16-6-8-21-83(72)96(85)98(87)93/h1-56H. The normalized spacial score (nSPS) is 12.2. The van der Waals surface area contributed by atoms with Crippen LogP contribution in [0.5, 0.6) is 0 Å². The topological polar surface area (TPSA) is 25.8 Å². The van der Waals surface area contributed by atoms with E-state index in [1.807, 2.05) is 18.6 Å². The van der Waals surface area contributed by atoms with E-state index in [-0.39, 0.29) is 0 Å². The molecule has 18 aromatic carbocycles. The van der Waals surface area contributed by atoms with Gasteiger partial charge in [-0.1, -0.05) is 224 Å². The highest BCUT2D eigenvalue weighted by Gasteiger charge is 2.28. The lowest BCUT2D eigenvalue weighted by Gasteiger charge is -2.14. The summed E-state index contributed by atoms with van der Waals surface area (Å²) in [6, 6.07) is 120. The largest absolute Gasteiger partial charge is 0.263 e. The Bertz CT molecular complexity index is 7030. The molecule has 0 bridgehead atoms. The fourth-order valence-corrected chi connectivity index (χ4v) is 17.2. The molecule has 20 aromatic rings. The van der Waals surface area contributed by atoms with Gasteiger partial charge in [-0.3, -0.25) is 9.97 Å². The van der Waals surface area contributed by atoms with Crippen molar-refractivity contribution in [1.29, 1.82) is 0 Å². The molecule has 0 spiro atoms. The van der Waals surface area contributed by atoms with E-state index in [1.165, 1.54) is 192 Å². The van der Waals surface area contributed by atoms with Crippen molar-refractivity contribution in [2.45, 2.75) is 0 Å². The van der Waals surface area contributed by atoms with E-state index in [0.29, 0.717) is 0 Å². The van der Waals surface area contributed by atoms with Gasteiger partial charge in [0.25, 0.3) is 0 Å². The summed E-state index contributed by atoms with van der Waals surface area (Å²) in [5, 5.41) is 23.7. The Kier molecular flexibility index (Phi) is 11.7. The van der Waals surface area contributed by atoms with Crippen LogP contribution in [0, 0.1) is 0 Å². The minimum absolute atomic E-state index is 0.979. The third kappa shape index (κ3) is 8.44. The Morgan fingerprint density at radius 2 is 0.520 bits per heavy atom. The average molecular weight is 1260 g/mol. The second kappa shape index (κ2) is 21.2. The first-order chi connectivity index (χ1) is 49.5. The SMILES string of the molecule is c1cc(-c2ccc3ccc(-c4cccc5cc(-c6ccc7cc(-c8cncc(-c9ccc%10c%11c(cc%12ccccc%12c9%11)-c9cc%11ccccc%11cc9-%10)c8)ccc7c6)ccc45)cc3c2)cc(-c2cnc3ccc(-c4ccc5c6c(cc7ccccc7c46)-c4cc6ccccc6cc4-5)cc3c2)c1. The van der Waals surface area contributed by atoms with E-state index in [4.69, 9.17) is 9.97 Å². The summed E-state index contributed by atoms with van der Waals surface area (Å²) in [4.78, 5) is 9.99. The number of pyridine rings is 2. The van der Waals surface area contributed by atoms with E-state index < -0.39 is 0 Å². The second-order valence-corrected chi connectivity index (χ2v) is 27.6. The molecule has 0 unspecified atom stereocenters. The maximum atomic E-state index is 5.07. The van der Waals surface area contributed by atoms with Gasteiger partial charge in [0.2, 0.25) is 0 Å². The molecule has 2 aliphatic carbocycles. The zero-order chi connectivity index (χ0) is 65.3. The third-order valence-electron chi connectivity index (χ3n) is 22.1. The van der Waals surface area contributed by atoms with E-state index in [9.17, 15) is 0 Å². The van der Waals surface area contributed by atoms with Crippen molar-refractivity contribution in [1.82, 2.24) is 9.97 Å². The average Bonchev–Trinajstić information content (AvgIpc) is 1.55. The van der Waals surface area contributed by atoms with Crippen molar-refractivity contribution in [2.75, 3.05) is 0 Å². The van der Waals surface area contributed by atoms with E-state index in [0.717, 1.165) is 38.7 Å². The Labute approximate surface area is 576 Å². The number of rotatable bonds is 7. The fourth-order valence-electron chi connectivity index (χ4n) is 17.2. The molecule has 2 heterocycles. The van der Waals surface area contributed by atoms with Gasteiger partial charge in [-0.05, 0) is 300 Å². The molecular weight excluding hydrogens is 1210 g/mol. The first-order valence-electron chi connectivity index (χ1n) is 34.6. The van der Waals surface area contributed by atoms with Crippen LogP contribution in [-0.4, -0.2) is 9.97 Å². The van der Waals surface area contributed by atoms with Crippen LogP contribution in [0.15, 0.2) is 340 Å². The lowest BCUT2D eigenvalue weighted by atomic mass is 9.89. The number of fused-ring (bicyclic) bond motifs is 16. The molecular formula is C98H56N2. The van der Waals surface area contributed by atoms with Crippen molar-refractivity contribution in [3.8, 4) is 122 Å². The molecule has 0 N–H and O–H groups in total. The van der Waals surface area contributed by atoms with Crippen LogP contribution in [0.1, 0.15) is 0 Å². The van der Waals surface area contributed by atoms with Crippen LogP contribution in [0.4, 0.5) is 0 Å². The summed E-state index contributed by atoms with van der Waals surface area (Å²) in [7, 11) is 0. The first kappa shape index (κ1) is 55.0. The zero-order valence-corrected chi connectivity index (χ0v) is 54.2. The third-order valence-corrected chi connectivity index (χ3v) is 22.1. The Balaban J connectivity index is 0.546. The summed E-state index contributed by atoms with van der Waals surface area (Å²) in [5.41, 5.74) is 27.8. The molecule has 2 nitrogen and oxygen atoms in total. The van der Waals surface area contributed by atoms with E-state index in [1.54, 1.807) is 0 Å². The summed E-state index contributed by atoms with van der Waals surface area (Å²) >= 11 is 0. The molecule has 100 heavy (non-hydrogen) atoms. The monoisotopic (exact) mass is 1260 g/mol. The minimum Gasteiger partial charge on any atom is -0.263 e. The molecule has 2 aliphatic rings. The van der Waals surface area contributed by atoms with Crippen LogP contribution < -0.4 is 0 Å².